The Hall–Kier alpha value is -3.05. The predicted molar refractivity (Wildman–Crippen MR) is 96.6 cm³/mol. The van der Waals surface area contributed by atoms with Crippen LogP contribution in [0.15, 0.2) is 36.4 Å². The van der Waals surface area contributed by atoms with Crippen molar-refractivity contribution in [3.05, 3.63) is 47.2 Å². The highest BCUT2D eigenvalue weighted by Gasteiger charge is 2.37. The third-order valence-corrected chi connectivity index (χ3v) is 5.07. The SMILES string of the molecule is O=C1CN(c2c(O)cc(NC(=O)Nc3cccc(Cl)c3)cc2F)S(=O)(=O)N1. The maximum Gasteiger partial charge on any atom is 0.326 e. The minimum Gasteiger partial charge on any atom is -0.506 e. The second kappa shape index (κ2) is 6.93. The van der Waals surface area contributed by atoms with Crippen LogP contribution in [-0.2, 0) is 15.0 Å². The van der Waals surface area contributed by atoms with E-state index in [4.69, 9.17) is 11.6 Å². The van der Waals surface area contributed by atoms with E-state index in [1.165, 1.54) is 6.07 Å². The number of halogens is 2. The standard InChI is InChI=1S/C15H12ClFN4O5S/c16-8-2-1-3-9(4-8)18-15(24)19-10-5-11(17)14(12(22)6-10)21-7-13(23)20-27(21,25)26/h1-6,22H,7H2,(H,20,23)(H2,18,19,24). The lowest BCUT2D eigenvalue weighted by molar-refractivity contribution is -0.117. The van der Waals surface area contributed by atoms with E-state index in [0.29, 0.717) is 15.0 Å². The molecule has 1 fully saturated rings. The fourth-order valence-corrected chi connectivity index (χ4v) is 3.77. The van der Waals surface area contributed by atoms with Gasteiger partial charge in [0.1, 0.15) is 18.0 Å². The average molecular weight is 415 g/mol. The van der Waals surface area contributed by atoms with Crippen molar-refractivity contribution in [1.82, 2.24) is 4.72 Å². The summed E-state index contributed by atoms with van der Waals surface area (Å²) in [5.41, 5.74) is -0.452. The van der Waals surface area contributed by atoms with Crippen molar-refractivity contribution >= 4 is 50.8 Å². The van der Waals surface area contributed by atoms with Gasteiger partial charge in [0.15, 0.2) is 5.82 Å². The van der Waals surface area contributed by atoms with Crippen LogP contribution in [0.3, 0.4) is 0 Å². The number of urea groups is 1. The van der Waals surface area contributed by atoms with Crippen molar-refractivity contribution in [3.8, 4) is 5.75 Å². The molecule has 1 aliphatic rings. The molecule has 2 aromatic carbocycles. The fourth-order valence-electron chi connectivity index (χ4n) is 2.41. The Morgan fingerprint density at radius 3 is 2.52 bits per heavy atom. The summed E-state index contributed by atoms with van der Waals surface area (Å²) in [6.07, 6.45) is 0. The Bertz CT molecular complexity index is 1020. The zero-order valence-corrected chi connectivity index (χ0v) is 14.9. The minimum atomic E-state index is -4.29. The van der Waals surface area contributed by atoms with Gasteiger partial charge in [0, 0.05) is 22.5 Å². The van der Waals surface area contributed by atoms with E-state index < -0.39 is 45.9 Å². The molecular weight excluding hydrogens is 403 g/mol. The van der Waals surface area contributed by atoms with E-state index in [1.807, 2.05) is 0 Å². The van der Waals surface area contributed by atoms with E-state index in [9.17, 15) is 27.5 Å². The van der Waals surface area contributed by atoms with Gasteiger partial charge in [0.2, 0.25) is 0 Å². The topological polar surface area (TPSA) is 128 Å². The number of amides is 3. The molecule has 4 N–H and O–H groups in total. The molecule has 27 heavy (non-hydrogen) atoms. The number of aromatic hydroxyl groups is 1. The van der Waals surface area contributed by atoms with Gasteiger partial charge >= 0.3 is 16.2 Å². The molecule has 0 radical (unpaired) electrons. The number of rotatable bonds is 3. The van der Waals surface area contributed by atoms with E-state index in [1.54, 1.807) is 22.9 Å². The van der Waals surface area contributed by atoms with Crippen LogP contribution in [0.4, 0.5) is 26.2 Å². The predicted octanol–water partition coefficient (Wildman–Crippen LogP) is 2.01. The van der Waals surface area contributed by atoms with Gasteiger partial charge < -0.3 is 15.7 Å². The van der Waals surface area contributed by atoms with Gasteiger partial charge in [0.05, 0.1) is 0 Å². The Kier molecular flexibility index (Phi) is 4.81. The number of benzene rings is 2. The molecule has 0 aromatic heterocycles. The first kappa shape index (κ1) is 18.7. The lowest BCUT2D eigenvalue weighted by Gasteiger charge is -2.18. The highest BCUT2D eigenvalue weighted by Crippen LogP contribution is 2.36. The smallest absolute Gasteiger partial charge is 0.326 e. The summed E-state index contributed by atoms with van der Waals surface area (Å²) < 4.78 is 40.0. The van der Waals surface area contributed by atoms with Crippen LogP contribution < -0.4 is 19.7 Å². The molecule has 0 aliphatic carbocycles. The quantitative estimate of drug-likeness (QED) is 0.610. The van der Waals surface area contributed by atoms with Gasteiger partial charge in [-0.05, 0) is 24.3 Å². The molecule has 1 heterocycles. The maximum atomic E-state index is 14.4. The first-order valence-corrected chi connectivity index (χ1v) is 9.17. The summed E-state index contributed by atoms with van der Waals surface area (Å²) in [7, 11) is -4.29. The summed E-state index contributed by atoms with van der Waals surface area (Å²) in [6.45, 7) is -0.672. The van der Waals surface area contributed by atoms with E-state index in [-0.39, 0.29) is 5.69 Å². The molecule has 0 bridgehead atoms. The lowest BCUT2D eigenvalue weighted by Crippen LogP contribution is -2.30. The molecule has 0 unspecified atom stereocenters. The largest absolute Gasteiger partial charge is 0.506 e. The molecule has 3 amide bonds. The molecule has 12 heteroatoms. The van der Waals surface area contributed by atoms with Gasteiger partial charge in [-0.3, -0.25) is 4.79 Å². The van der Waals surface area contributed by atoms with Crippen molar-refractivity contribution in [1.29, 1.82) is 0 Å². The molecule has 0 spiro atoms. The Balaban J connectivity index is 1.81. The number of phenols is 1. The number of hydrogen-bond acceptors (Lipinski definition) is 5. The molecule has 0 saturated carbocycles. The Morgan fingerprint density at radius 2 is 1.93 bits per heavy atom. The number of hydrogen-bond donors (Lipinski definition) is 4. The lowest BCUT2D eigenvalue weighted by atomic mass is 10.2. The minimum absolute atomic E-state index is 0.135. The third-order valence-electron chi connectivity index (χ3n) is 3.45. The zero-order chi connectivity index (χ0) is 19.8. The first-order valence-electron chi connectivity index (χ1n) is 7.35. The summed E-state index contributed by atoms with van der Waals surface area (Å²) >= 11 is 5.81. The molecule has 142 valence electrons. The Morgan fingerprint density at radius 1 is 1.22 bits per heavy atom. The van der Waals surface area contributed by atoms with Crippen molar-refractivity contribution in [3.63, 3.8) is 0 Å². The molecule has 0 atom stereocenters. The van der Waals surface area contributed by atoms with E-state index >= 15 is 0 Å². The zero-order valence-electron chi connectivity index (χ0n) is 13.4. The van der Waals surface area contributed by atoms with Crippen LogP contribution >= 0.6 is 11.6 Å². The molecule has 9 nitrogen and oxygen atoms in total. The first-order chi connectivity index (χ1) is 12.7. The van der Waals surface area contributed by atoms with E-state index in [0.717, 1.165) is 12.1 Å². The maximum absolute atomic E-state index is 14.4. The van der Waals surface area contributed by atoms with Gasteiger partial charge in [-0.1, -0.05) is 17.7 Å². The van der Waals surface area contributed by atoms with Gasteiger partial charge in [-0.15, -0.1) is 0 Å². The van der Waals surface area contributed by atoms with Crippen molar-refractivity contribution in [2.75, 3.05) is 21.5 Å². The number of carbonyl (C=O) groups excluding carboxylic acids is 2. The highest BCUT2D eigenvalue weighted by atomic mass is 35.5. The average Bonchev–Trinajstić information content (AvgIpc) is 2.79. The normalized spacial score (nSPS) is 15.3. The van der Waals surface area contributed by atoms with Crippen LogP contribution in [0.5, 0.6) is 5.75 Å². The molecule has 1 aliphatic heterocycles. The number of nitrogens with zero attached hydrogens (tertiary/aromatic N) is 1. The molecule has 3 rings (SSSR count). The number of carbonyl (C=O) groups is 2. The Labute approximate surface area is 157 Å². The molecular formula is C15H12ClFN4O5S. The van der Waals surface area contributed by atoms with Crippen molar-refractivity contribution in [2.24, 2.45) is 0 Å². The van der Waals surface area contributed by atoms with Crippen molar-refractivity contribution in [2.45, 2.75) is 0 Å². The van der Waals surface area contributed by atoms with Gasteiger partial charge in [0.25, 0.3) is 5.91 Å². The second-order valence-electron chi connectivity index (χ2n) is 5.45. The van der Waals surface area contributed by atoms with Crippen molar-refractivity contribution < 1.29 is 27.5 Å². The summed E-state index contributed by atoms with van der Waals surface area (Å²) in [5, 5.41) is 15.2. The molecule has 2 aromatic rings. The van der Waals surface area contributed by atoms with Gasteiger partial charge in [-0.25, -0.2) is 18.2 Å². The van der Waals surface area contributed by atoms with Crippen LogP contribution in [0.1, 0.15) is 0 Å². The number of anilines is 3. The second-order valence-corrected chi connectivity index (χ2v) is 7.48. The van der Waals surface area contributed by atoms with Crippen LogP contribution in [-0.4, -0.2) is 32.0 Å². The number of nitrogens with one attached hydrogen (secondary N) is 3. The molecule has 1 saturated heterocycles. The summed E-state index contributed by atoms with van der Waals surface area (Å²) in [5.74, 6) is -2.78. The van der Waals surface area contributed by atoms with Crippen LogP contribution in [0.25, 0.3) is 0 Å². The van der Waals surface area contributed by atoms with Crippen LogP contribution in [0, 0.1) is 5.82 Å². The third kappa shape index (κ3) is 4.04. The van der Waals surface area contributed by atoms with E-state index in [2.05, 4.69) is 10.6 Å². The fraction of sp³-hybridized carbons (Fsp3) is 0.0667. The number of phenolic OH excluding ortho intramolecular Hbond substituents is 1. The summed E-state index contributed by atoms with van der Waals surface area (Å²) in [4.78, 5) is 23.2. The highest BCUT2D eigenvalue weighted by molar-refractivity contribution is 7.92. The summed E-state index contributed by atoms with van der Waals surface area (Å²) in [6, 6.07) is 7.32. The van der Waals surface area contributed by atoms with Gasteiger partial charge in [-0.2, -0.15) is 8.42 Å². The monoisotopic (exact) mass is 414 g/mol. The van der Waals surface area contributed by atoms with Crippen LogP contribution in [0.2, 0.25) is 5.02 Å².